The van der Waals surface area contributed by atoms with E-state index in [2.05, 4.69) is 11.4 Å². The summed E-state index contributed by atoms with van der Waals surface area (Å²) in [4.78, 5) is 12.1. The Morgan fingerprint density at radius 2 is 1.94 bits per heavy atom. The van der Waals surface area contributed by atoms with E-state index in [0.717, 1.165) is 31.2 Å². The smallest absolute Gasteiger partial charge is 0.226 e. The van der Waals surface area contributed by atoms with Gasteiger partial charge in [-0.15, -0.1) is 0 Å². The lowest BCUT2D eigenvalue weighted by atomic mass is 9.88. The molecule has 0 bridgehead atoms. The normalized spacial score (nSPS) is 17.1. The van der Waals surface area contributed by atoms with Crippen molar-refractivity contribution in [2.75, 3.05) is 0 Å². The Labute approximate surface area is 108 Å². The van der Waals surface area contributed by atoms with Crippen LogP contribution in [0.4, 0.5) is 0 Å². The third-order valence-corrected chi connectivity index (χ3v) is 3.79. The molecule has 3 heteroatoms. The molecule has 0 heterocycles. The number of rotatable bonds is 3. The van der Waals surface area contributed by atoms with Gasteiger partial charge in [0.05, 0.1) is 11.6 Å². The molecule has 1 fully saturated rings. The van der Waals surface area contributed by atoms with Crippen LogP contribution in [0.1, 0.15) is 43.7 Å². The highest BCUT2D eigenvalue weighted by atomic mass is 16.2. The number of amides is 1. The minimum absolute atomic E-state index is 0.157. The van der Waals surface area contributed by atoms with Crippen LogP contribution in [-0.2, 0) is 11.3 Å². The predicted molar refractivity (Wildman–Crippen MR) is 69.6 cm³/mol. The van der Waals surface area contributed by atoms with Gasteiger partial charge in [0.2, 0.25) is 5.91 Å². The van der Waals surface area contributed by atoms with Gasteiger partial charge in [0, 0.05) is 12.0 Å². The number of nitrogens with zero attached hydrogens (tertiary/aromatic N) is 1. The van der Waals surface area contributed by atoms with Gasteiger partial charge in [0.15, 0.2) is 0 Å². The third-order valence-electron chi connectivity index (χ3n) is 3.79. The fourth-order valence-corrected chi connectivity index (χ4v) is 2.48. The molecule has 0 saturated heterocycles. The summed E-state index contributed by atoms with van der Waals surface area (Å²) in [5, 5.41) is 11.7. The van der Waals surface area contributed by atoms with Gasteiger partial charge in [0.1, 0.15) is 0 Å². The minimum atomic E-state index is -0.174. The van der Waals surface area contributed by atoms with Crippen LogP contribution in [0.3, 0.4) is 0 Å². The van der Waals surface area contributed by atoms with E-state index in [4.69, 9.17) is 5.26 Å². The van der Waals surface area contributed by atoms with Crippen LogP contribution in [0.2, 0.25) is 0 Å². The maximum atomic E-state index is 12.1. The van der Waals surface area contributed by atoms with Crippen molar-refractivity contribution in [2.24, 2.45) is 5.41 Å². The van der Waals surface area contributed by atoms with E-state index >= 15 is 0 Å². The highest BCUT2D eigenvalue weighted by Gasteiger charge is 2.35. The first-order chi connectivity index (χ1) is 8.64. The summed E-state index contributed by atoms with van der Waals surface area (Å²) in [5.74, 6) is 0.157. The molecule has 1 aromatic rings. The van der Waals surface area contributed by atoms with Crippen LogP contribution in [0.15, 0.2) is 24.3 Å². The first-order valence-electron chi connectivity index (χ1n) is 6.41. The van der Waals surface area contributed by atoms with Crippen molar-refractivity contribution in [3.63, 3.8) is 0 Å². The average molecular weight is 242 g/mol. The van der Waals surface area contributed by atoms with Crippen molar-refractivity contribution in [3.05, 3.63) is 35.4 Å². The van der Waals surface area contributed by atoms with E-state index in [0.29, 0.717) is 12.1 Å². The lowest BCUT2D eigenvalue weighted by molar-refractivity contribution is -0.130. The van der Waals surface area contributed by atoms with Gasteiger partial charge in [-0.2, -0.15) is 5.26 Å². The molecule has 0 aliphatic heterocycles. The van der Waals surface area contributed by atoms with Crippen LogP contribution in [0, 0.1) is 16.7 Å². The number of nitriles is 1. The molecule has 2 rings (SSSR count). The number of hydrogen-bond donors (Lipinski definition) is 1. The minimum Gasteiger partial charge on any atom is -0.352 e. The Bertz CT molecular complexity index is 464. The Morgan fingerprint density at radius 3 is 2.50 bits per heavy atom. The molecule has 0 aromatic heterocycles. The SMILES string of the molecule is CC1(C(=O)NCc2ccc(C#N)cc2)CCCC1. The molecule has 1 aromatic carbocycles. The highest BCUT2D eigenvalue weighted by molar-refractivity contribution is 5.82. The highest BCUT2D eigenvalue weighted by Crippen LogP contribution is 2.37. The second-order valence-corrected chi connectivity index (χ2v) is 5.26. The number of carbonyl (C=O) groups is 1. The van der Waals surface area contributed by atoms with Gasteiger partial charge in [-0.3, -0.25) is 4.79 Å². The van der Waals surface area contributed by atoms with E-state index in [1.54, 1.807) is 12.1 Å². The lowest BCUT2D eigenvalue weighted by Gasteiger charge is -2.22. The standard InChI is InChI=1S/C15H18N2O/c1-15(8-2-3-9-15)14(18)17-11-13-6-4-12(10-16)5-7-13/h4-7H,2-3,8-9,11H2,1H3,(H,17,18). The monoisotopic (exact) mass is 242 g/mol. The lowest BCUT2D eigenvalue weighted by Crippen LogP contribution is -2.36. The molecule has 1 amide bonds. The molecule has 3 nitrogen and oxygen atoms in total. The van der Waals surface area contributed by atoms with Crippen molar-refractivity contribution in [2.45, 2.75) is 39.2 Å². The van der Waals surface area contributed by atoms with E-state index in [1.807, 2.05) is 19.1 Å². The van der Waals surface area contributed by atoms with Gasteiger partial charge in [-0.05, 0) is 30.5 Å². The Balaban J connectivity index is 1.91. The van der Waals surface area contributed by atoms with E-state index in [-0.39, 0.29) is 11.3 Å². The Morgan fingerprint density at radius 1 is 1.33 bits per heavy atom. The molecule has 0 radical (unpaired) electrons. The molecule has 0 atom stereocenters. The second kappa shape index (κ2) is 5.22. The molecule has 1 saturated carbocycles. The molecular weight excluding hydrogens is 224 g/mol. The van der Waals surface area contributed by atoms with E-state index in [1.165, 1.54) is 0 Å². The van der Waals surface area contributed by atoms with Crippen LogP contribution in [-0.4, -0.2) is 5.91 Å². The summed E-state index contributed by atoms with van der Waals surface area (Å²) < 4.78 is 0. The topological polar surface area (TPSA) is 52.9 Å². The summed E-state index contributed by atoms with van der Waals surface area (Å²) >= 11 is 0. The van der Waals surface area contributed by atoms with E-state index < -0.39 is 0 Å². The number of hydrogen-bond acceptors (Lipinski definition) is 2. The molecule has 94 valence electrons. The molecule has 1 aliphatic carbocycles. The van der Waals surface area contributed by atoms with Crippen LogP contribution in [0.25, 0.3) is 0 Å². The van der Waals surface area contributed by atoms with Gasteiger partial charge >= 0.3 is 0 Å². The fraction of sp³-hybridized carbons (Fsp3) is 0.467. The van der Waals surface area contributed by atoms with Gasteiger partial charge in [-0.25, -0.2) is 0 Å². The van der Waals surface area contributed by atoms with Crippen molar-refractivity contribution in [3.8, 4) is 6.07 Å². The van der Waals surface area contributed by atoms with Crippen LogP contribution in [0.5, 0.6) is 0 Å². The summed E-state index contributed by atoms with van der Waals surface area (Å²) in [7, 11) is 0. The van der Waals surface area contributed by atoms with Crippen molar-refractivity contribution in [1.29, 1.82) is 5.26 Å². The zero-order chi connectivity index (χ0) is 13.0. The van der Waals surface area contributed by atoms with Crippen LogP contribution < -0.4 is 5.32 Å². The molecule has 1 N–H and O–H groups in total. The van der Waals surface area contributed by atoms with Crippen molar-refractivity contribution < 1.29 is 4.79 Å². The first kappa shape index (κ1) is 12.6. The first-order valence-corrected chi connectivity index (χ1v) is 6.41. The number of benzene rings is 1. The number of nitrogens with one attached hydrogen (secondary N) is 1. The quantitative estimate of drug-likeness (QED) is 0.886. The molecule has 18 heavy (non-hydrogen) atoms. The molecule has 1 aliphatic rings. The van der Waals surface area contributed by atoms with Crippen molar-refractivity contribution in [1.82, 2.24) is 5.32 Å². The molecule has 0 unspecified atom stereocenters. The summed E-state index contributed by atoms with van der Waals surface area (Å²) in [6.45, 7) is 2.59. The predicted octanol–water partition coefficient (Wildman–Crippen LogP) is 2.75. The summed E-state index contributed by atoms with van der Waals surface area (Å²) in [6.07, 6.45) is 4.29. The Hall–Kier alpha value is -1.82. The van der Waals surface area contributed by atoms with Crippen molar-refractivity contribution >= 4 is 5.91 Å². The molecular formula is C15H18N2O. The summed E-state index contributed by atoms with van der Waals surface area (Å²) in [6, 6.07) is 9.41. The second-order valence-electron chi connectivity index (χ2n) is 5.26. The van der Waals surface area contributed by atoms with Gasteiger partial charge < -0.3 is 5.32 Å². The van der Waals surface area contributed by atoms with Gasteiger partial charge in [-0.1, -0.05) is 31.9 Å². The van der Waals surface area contributed by atoms with Crippen LogP contribution >= 0.6 is 0 Å². The van der Waals surface area contributed by atoms with Gasteiger partial charge in [0.25, 0.3) is 0 Å². The maximum absolute atomic E-state index is 12.1. The average Bonchev–Trinajstić information content (AvgIpc) is 2.85. The zero-order valence-electron chi connectivity index (χ0n) is 10.7. The summed E-state index contributed by atoms with van der Waals surface area (Å²) in [5.41, 5.74) is 1.50. The number of carbonyl (C=O) groups excluding carboxylic acids is 1. The molecule has 0 spiro atoms. The fourth-order valence-electron chi connectivity index (χ4n) is 2.48. The Kier molecular flexibility index (Phi) is 3.66. The zero-order valence-corrected chi connectivity index (χ0v) is 10.7. The largest absolute Gasteiger partial charge is 0.352 e. The maximum Gasteiger partial charge on any atom is 0.226 e. The third kappa shape index (κ3) is 2.70. The van der Waals surface area contributed by atoms with E-state index in [9.17, 15) is 4.79 Å².